The molecule has 4 rings (SSSR count). The standard InChI is InChI=1S/C25H18ClNO3/c26-22-10-6-20(7-11-22)25-15-12-23(27(28)29)16-21(25)17-30-24-13-8-19(9-14-24)18-4-2-1-3-5-18/h1-16H,17H2. The van der Waals surface area contributed by atoms with Crippen LogP contribution in [0.4, 0.5) is 5.69 Å². The SMILES string of the molecule is O=[N+]([O-])c1ccc(-c2ccc(Cl)cc2)c(COc2ccc(-c3ccccc3)cc2)c1. The molecule has 30 heavy (non-hydrogen) atoms. The third-order valence-corrected chi connectivity index (χ3v) is 5.06. The maximum atomic E-state index is 11.2. The Kier molecular flexibility index (Phi) is 5.77. The summed E-state index contributed by atoms with van der Waals surface area (Å²) in [6, 6.07) is 30.1. The topological polar surface area (TPSA) is 52.4 Å². The number of hydrogen-bond donors (Lipinski definition) is 0. The molecule has 0 heterocycles. The molecule has 0 aliphatic heterocycles. The van der Waals surface area contributed by atoms with Gasteiger partial charge in [-0.1, -0.05) is 66.2 Å². The fourth-order valence-electron chi connectivity index (χ4n) is 3.26. The van der Waals surface area contributed by atoms with Gasteiger partial charge in [0.15, 0.2) is 0 Å². The molecule has 0 spiro atoms. The minimum atomic E-state index is -0.399. The molecule has 4 aromatic rings. The number of rotatable bonds is 6. The number of hydrogen-bond acceptors (Lipinski definition) is 3. The second-order valence-corrected chi connectivity index (χ2v) is 7.22. The zero-order valence-corrected chi connectivity index (χ0v) is 16.8. The lowest BCUT2D eigenvalue weighted by atomic mass is 9.99. The van der Waals surface area contributed by atoms with E-state index in [0.717, 1.165) is 27.8 Å². The van der Waals surface area contributed by atoms with E-state index >= 15 is 0 Å². The Balaban J connectivity index is 1.58. The van der Waals surface area contributed by atoms with Gasteiger partial charge in [0.05, 0.1) is 4.92 Å². The van der Waals surface area contributed by atoms with Gasteiger partial charge >= 0.3 is 0 Å². The zero-order valence-electron chi connectivity index (χ0n) is 16.0. The van der Waals surface area contributed by atoms with Gasteiger partial charge in [0, 0.05) is 22.7 Å². The van der Waals surface area contributed by atoms with Gasteiger partial charge in [-0.2, -0.15) is 0 Å². The summed E-state index contributed by atoms with van der Waals surface area (Å²) in [5.74, 6) is 0.697. The average Bonchev–Trinajstić information content (AvgIpc) is 2.79. The Bertz CT molecular complexity index is 1160. The van der Waals surface area contributed by atoms with Gasteiger partial charge in [-0.3, -0.25) is 10.1 Å². The van der Waals surface area contributed by atoms with E-state index in [4.69, 9.17) is 16.3 Å². The predicted octanol–water partition coefficient (Wildman–Crippen LogP) is 7.16. The minimum absolute atomic E-state index is 0.0331. The van der Waals surface area contributed by atoms with Gasteiger partial charge in [0.2, 0.25) is 0 Å². The molecule has 4 nitrogen and oxygen atoms in total. The lowest BCUT2D eigenvalue weighted by molar-refractivity contribution is -0.384. The van der Waals surface area contributed by atoms with E-state index < -0.39 is 4.92 Å². The van der Waals surface area contributed by atoms with Crippen LogP contribution in [0.1, 0.15) is 5.56 Å². The first-order valence-corrected chi connectivity index (χ1v) is 9.79. The molecular weight excluding hydrogens is 398 g/mol. The van der Waals surface area contributed by atoms with Crippen LogP contribution in [0.2, 0.25) is 5.02 Å². The van der Waals surface area contributed by atoms with E-state index in [9.17, 15) is 10.1 Å². The van der Waals surface area contributed by atoms with Crippen LogP contribution in [0.25, 0.3) is 22.3 Å². The first-order valence-electron chi connectivity index (χ1n) is 9.42. The Hall–Kier alpha value is -3.63. The van der Waals surface area contributed by atoms with Crippen LogP contribution in [0.15, 0.2) is 97.1 Å². The van der Waals surface area contributed by atoms with Crippen molar-refractivity contribution in [2.75, 3.05) is 0 Å². The smallest absolute Gasteiger partial charge is 0.269 e. The highest BCUT2D eigenvalue weighted by molar-refractivity contribution is 6.30. The summed E-state index contributed by atoms with van der Waals surface area (Å²) in [6.07, 6.45) is 0. The van der Waals surface area contributed by atoms with Crippen LogP contribution in [-0.4, -0.2) is 4.92 Å². The number of benzene rings is 4. The van der Waals surface area contributed by atoms with E-state index in [0.29, 0.717) is 10.8 Å². The van der Waals surface area contributed by atoms with Gasteiger partial charge in [-0.25, -0.2) is 0 Å². The summed E-state index contributed by atoms with van der Waals surface area (Å²) in [5.41, 5.74) is 4.79. The van der Waals surface area contributed by atoms with Crippen molar-refractivity contribution in [3.05, 3.63) is 118 Å². The third kappa shape index (κ3) is 4.50. The monoisotopic (exact) mass is 415 g/mol. The molecule has 0 unspecified atom stereocenters. The number of nitrogens with zero attached hydrogens (tertiary/aromatic N) is 1. The van der Waals surface area contributed by atoms with E-state index in [1.54, 1.807) is 24.3 Å². The van der Waals surface area contributed by atoms with Crippen molar-refractivity contribution in [3.63, 3.8) is 0 Å². The molecule has 0 atom stereocenters. The first-order chi connectivity index (χ1) is 14.6. The van der Waals surface area contributed by atoms with Crippen molar-refractivity contribution in [1.82, 2.24) is 0 Å². The molecule has 0 aliphatic rings. The summed E-state index contributed by atoms with van der Waals surface area (Å²) in [7, 11) is 0. The van der Waals surface area contributed by atoms with E-state index in [1.807, 2.05) is 54.6 Å². The molecule has 4 aromatic carbocycles. The van der Waals surface area contributed by atoms with Crippen LogP contribution in [0.3, 0.4) is 0 Å². The number of non-ortho nitro benzene ring substituents is 1. The normalized spacial score (nSPS) is 10.6. The Labute approximate surface area is 179 Å². The van der Waals surface area contributed by atoms with Gasteiger partial charge < -0.3 is 4.74 Å². The Morgan fingerprint density at radius 3 is 2.07 bits per heavy atom. The molecule has 5 heteroatoms. The minimum Gasteiger partial charge on any atom is -0.489 e. The lowest BCUT2D eigenvalue weighted by Gasteiger charge is -2.12. The Morgan fingerprint density at radius 2 is 1.40 bits per heavy atom. The van der Waals surface area contributed by atoms with Gasteiger partial charge in [-0.05, 0) is 52.6 Å². The molecule has 0 amide bonds. The molecule has 0 aliphatic carbocycles. The molecular formula is C25H18ClNO3. The van der Waals surface area contributed by atoms with Crippen molar-refractivity contribution in [2.45, 2.75) is 6.61 Å². The van der Waals surface area contributed by atoms with Crippen molar-refractivity contribution < 1.29 is 9.66 Å². The van der Waals surface area contributed by atoms with Crippen LogP contribution >= 0.6 is 11.6 Å². The maximum Gasteiger partial charge on any atom is 0.269 e. The highest BCUT2D eigenvalue weighted by atomic mass is 35.5. The summed E-state index contributed by atoms with van der Waals surface area (Å²) < 4.78 is 5.95. The predicted molar refractivity (Wildman–Crippen MR) is 120 cm³/mol. The average molecular weight is 416 g/mol. The van der Waals surface area contributed by atoms with Crippen molar-refractivity contribution >= 4 is 17.3 Å². The van der Waals surface area contributed by atoms with Gasteiger partial charge in [-0.15, -0.1) is 0 Å². The van der Waals surface area contributed by atoms with Crippen molar-refractivity contribution in [1.29, 1.82) is 0 Å². The molecule has 0 radical (unpaired) electrons. The maximum absolute atomic E-state index is 11.2. The summed E-state index contributed by atoms with van der Waals surface area (Å²) >= 11 is 5.99. The fraction of sp³-hybridized carbons (Fsp3) is 0.0400. The number of nitro benzene ring substituents is 1. The Morgan fingerprint density at radius 1 is 0.767 bits per heavy atom. The van der Waals surface area contributed by atoms with Crippen molar-refractivity contribution in [3.8, 4) is 28.0 Å². The summed E-state index contributed by atoms with van der Waals surface area (Å²) in [5, 5.41) is 11.9. The quantitative estimate of drug-likeness (QED) is 0.248. The molecule has 0 saturated heterocycles. The van der Waals surface area contributed by atoms with E-state index in [-0.39, 0.29) is 12.3 Å². The highest BCUT2D eigenvalue weighted by Crippen LogP contribution is 2.30. The number of nitro groups is 1. The van der Waals surface area contributed by atoms with Crippen LogP contribution in [0.5, 0.6) is 5.75 Å². The molecule has 0 saturated carbocycles. The first kappa shape index (κ1) is 19.7. The van der Waals surface area contributed by atoms with Crippen LogP contribution < -0.4 is 4.74 Å². The second-order valence-electron chi connectivity index (χ2n) is 6.78. The van der Waals surface area contributed by atoms with Crippen LogP contribution in [0, 0.1) is 10.1 Å². The molecule has 0 aromatic heterocycles. The highest BCUT2D eigenvalue weighted by Gasteiger charge is 2.13. The third-order valence-electron chi connectivity index (χ3n) is 4.81. The second kappa shape index (κ2) is 8.80. The fourth-order valence-corrected chi connectivity index (χ4v) is 3.39. The zero-order chi connectivity index (χ0) is 20.9. The number of halogens is 1. The van der Waals surface area contributed by atoms with E-state index in [1.165, 1.54) is 6.07 Å². The molecule has 0 N–H and O–H groups in total. The largest absolute Gasteiger partial charge is 0.489 e. The molecule has 0 fully saturated rings. The lowest BCUT2D eigenvalue weighted by Crippen LogP contribution is -2.00. The molecule has 0 bridgehead atoms. The summed E-state index contributed by atoms with van der Waals surface area (Å²) in [6.45, 7) is 0.213. The van der Waals surface area contributed by atoms with Gasteiger partial charge in [0.25, 0.3) is 5.69 Å². The summed E-state index contributed by atoms with van der Waals surface area (Å²) in [4.78, 5) is 10.8. The molecule has 148 valence electrons. The van der Waals surface area contributed by atoms with Gasteiger partial charge in [0.1, 0.15) is 12.4 Å². The number of ether oxygens (including phenoxy) is 1. The van der Waals surface area contributed by atoms with E-state index in [2.05, 4.69) is 12.1 Å². The van der Waals surface area contributed by atoms with Crippen LogP contribution in [-0.2, 0) is 6.61 Å². The van der Waals surface area contributed by atoms with Crippen molar-refractivity contribution in [2.24, 2.45) is 0 Å².